The molecule has 0 saturated carbocycles. The highest BCUT2D eigenvalue weighted by Crippen LogP contribution is 2.40. The lowest BCUT2D eigenvalue weighted by Crippen LogP contribution is -2.12. The summed E-state index contributed by atoms with van der Waals surface area (Å²) in [6.45, 7) is 13.4. The van der Waals surface area contributed by atoms with E-state index in [2.05, 4.69) is 131 Å². The van der Waals surface area contributed by atoms with E-state index in [4.69, 9.17) is 9.97 Å². The molecule has 0 bridgehead atoms. The number of para-hydroxylation sites is 2. The Morgan fingerprint density at radius 3 is 1.96 bits per heavy atom. The summed E-state index contributed by atoms with van der Waals surface area (Å²) in [6, 6.07) is 39.8. The molecule has 46 heavy (non-hydrogen) atoms. The average molecular weight is 602 g/mol. The van der Waals surface area contributed by atoms with Gasteiger partial charge in [0.15, 0.2) is 0 Å². The van der Waals surface area contributed by atoms with Crippen molar-refractivity contribution in [3.8, 4) is 45.1 Å². The maximum absolute atomic E-state index is 11.0. The van der Waals surface area contributed by atoms with Gasteiger partial charge in [-0.15, -0.1) is 0 Å². The van der Waals surface area contributed by atoms with Crippen LogP contribution in [-0.4, -0.2) is 19.6 Å². The molecule has 0 aliphatic rings. The number of aromatic hydroxyl groups is 1. The number of phenolic OH excluding ortho intramolecular Hbond substituents is 1. The van der Waals surface area contributed by atoms with E-state index in [1.54, 1.807) is 6.07 Å². The van der Waals surface area contributed by atoms with Gasteiger partial charge in [-0.05, 0) is 75.5 Å². The predicted octanol–water partition coefficient (Wildman–Crippen LogP) is 10.9. The van der Waals surface area contributed by atoms with Crippen LogP contribution in [-0.2, 0) is 10.8 Å². The highest BCUT2D eigenvalue weighted by atomic mass is 16.3. The van der Waals surface area contributed by atoms with E-state index in [1.807, 2.05) is 30.5 Å². The summed E-state index contributed by atoms with van der Waals surface area (Å²) in [6.07, 6.45) is 1.88. The summed E-state index contributed by atoms with van der Waals surface area (Å²) < 4.78 is 2.16. The minimum atomic E-state index is 0.00803. The highest BCUT2D eigenvalue weighted by molar-refractivity contribution is 5.99. The molecular weight excluding hydrogens is 562 g/mol. The fraction of sp³-hybridized carbons (Fsp3) is 0.190. The Balaban J connectivity index is 1.43. The molecule has 1 N–H and O–H groups in total. The first kappa shape index (κ1) is 29.5. The summed E-state index contributed by atoms with van der Waals surface area (Å²) in [7, 11) is 0. The lowest BCUT2D eigenvalue weighted by Gasteiger charge is -2.22. The lowest BCUT2D eigenvalue weighted by atomic mass is 9.83. The minimum Gasteiger partial charge on any atom is -0.507 e. The molecule has 0 saturated heterocycles. The summed E-state index contributed by atoms with van der Waals surface area (Å²) in [5.74, 6) is 0.903. The average Bonchev–Trinajstić information content (AvgIpc) is 3.43. The number of hydrogen-bond donors (Lipinski definition) is 1. The van der Waals surface area contributed by atoms with Gasteiger partial charge in [-0.1, -0.05) is 114 Å². The van der Waals surface area contributed by atoms with Crippen LogP contribution in [0.2, 0.25) is 0 Å². The van der Waals surface area contributed by atoms with E-state index in [0.29, 0.717) is 11.4 Å². The molecule has 0 amide bonds. The van der Waals surface area contributed by atoms with Crippen LogP contribution in [0.25, 0.3) is 61.3 Å². The van der Waals surface area contributed by atoms with Crippen molar-refractivity contribution >= 4 is 21.9 Å². The number of fused-ring (bicyclic) bond motifs is 2. The smallest absolute Gasteiger partial charge is 0.149 e. The van der Waals surface area contributed by atoms with Crippen LogP contribution < -0.4 is 0 Å². The van der Waals surface area contributed by atoms with E-state index in [9.17, 15) is 5.11 Å². The summed E-state index contributed by atoms with van der Waals surface area (Å²) >= 11 is 0. The van der Waals surface area contributed by atoms with Crippen LogP contribution in [0.5, 0.6) is 5.75 Å². The van der Waals surface area contributed by atoms with Crippen molar-refractivity contribution in [2.45, 2.75) is 52.4 Å². The third-order valence-corrected chi connectivity index (χ3v) is 8.88. The van der Waals surface area contributed by atoms with E-state index in [0.717, 1.165) is 44.5 Å². The molecule has 0 aliphatic heterocycles. The molecule has 0 spiro atoms. The molecule has 0 unspecified atom stereocenters. The number of hydrogen-bond acceptors (Lipinski definition) is 3. The largest absolute Gasteiger partial charge is 0.507 e. The Hall–Kier alpha value is -5.22. The Kier molecular flexibility index (Phi) is 7.05. The monoisotopic (exact) mass is 601 g/mol. The number of aromatic nitrogens is 3. The minimum absolute atomic E-state index is 0.00803. The molecule has 2 heterocycles. The number of rotatable bonds is 4. The zero-order valence-corrected chi connectivity index (χ0v) is 27.3. The van der Waals surface area contributed by atoms with Gasteiger partial charge < -0.3 is 5.11 Å². The zero-order valence-electron chi connectivity index (χ0n) is 27.3. The Morgan fingerprint density at radius 1 is 0.587 bits per heavy atom. The van der Waals surface area contributed by atoms with Crippen LogP contribution in [0.15, 0.2) is 121 Å². The fourth-order valence-electron chi connectivity index (χ4n) is 6.46. The zero-order chi connectivity index (χ0) is 32.2. The van der Waals surface area contributed by atoms with Gasteiger partial charge in [-0.2, -0.15) is 0 Å². The predicted molar refractivity (Wildman–Crippen MR) is 192 cm³/mol. The number of pyridine rings is 1. The second-order valence-corrected chi connectivity index (χ2v) is 14.1. The molecule has 0 fully saturated rings. The quantitative estimate of drug-likeness (QED) is 0.218. The number of benzene rings is 5. The van der Waals surface area contributed by atoms with E-state index < -0.39 is 0 Å². The van der Waals surface area contributed by atoms with Crippen molar-refractivity contribution in [1.29, 1.82) is 0 Å². The molecule has 2 aromatic heterocycles. The van der Waals surface area contributed by atoms with E-state index in [1.165, 1.54) is 16.5 Å². The van der Waals surface area contributed by atoms with E-state index >= 15 is 0 Å². The van der Waals surface area contributed by atoms with Crippen molar-refractivity contribution < 1.29 is 5.11 Å². The molecule has 7 rings (SSSR count). The van der Waals surface area contributed by atoms with Gasteiger partial charge in [0.2, 0.25) is 0 Å². The number of phenols is 1. The van der Waals surface area contributed by atoms with Gasteiger partial charge in [-0.25, -0.2) is 4.98 Å². The fourth-order valence-corrected chi connectivity index (χ4v) is 6.46. The Labute approximate surface area is 271 Å². The molecule has 0 aliphatic carbocycles. The van der Waals surface area contributed by atoms with Crippen molar-refractivity contribution in [3.63, 3.8) is 0 Å². The van der Waals surface area contributed by atoms with Crippen LogP contribution in [0, 0.1) is 0 Å². The molecule has 7 aromatic rings. The summed E-state index contributed by atoms with van der Waals surface area (Å²) in [5, 5.41) is 12.1. The lowest BCUT2D eigenvalue weighted by molar-refractivity contribution is 0.477. The van der Waals surface area contributed by atoms with Crippen LogP contribution in [0.1, 0.15) is 52.7 Å². The van der Waals surface area contributed by atoms with Crippen LogP contribution in [0.3, 0.4) is 0 Å². The molecule has 5 aromatic carbocycles. The van der Waals surface area contributed by atoms with Crippen LogP contribution in [0.4, 0.5) is 0 Å². The third-order valence-electron chi connectivity index (χ3n) is 8.88. The van der Waals surface area contributed by atoms with Crippen molar-refractivity contribution in [2.24, 2.45) is 0 Å². The first-order valence-electron chi connectivity index (χ1n) is 15.9. The normalized spacial score (nSPS) is 12.2. The maximum Gasteiger partial charge on any atom is 0.149 e. The maximum atomic E-state index is 11.0. The summed E-state index contributed by atoms with van der Waals surface area (Å²) in [5.41, 5.74) is 11.5. The number of nitrogens with zero attached hydrogens (tertiary/aromatic N) is 3. The van der Waals surface area contributed by atoms with Gasteiger partial charge in [0.05, 0.1) is 22.1 Å². The highest BCUT2D eigenvalue weighted by Gasteiger charge is 2.22. The Morgan fingerprint density at radius 2 is 1.26 bits per heavy atom. The molecule has 4 heteroatoms. The summed E-state index contributed by atoms with van der Waals surface area (Å²) in [4.78, 5) is 10.1. The van der Waals surface area contributed by atoms with E-state index in [-0.39, 0.29) is 16.6 Å². The third kappa shape index (κ3) is 5.14. The molecule has 0 atom stereocenters. The molecule has 228 valence electrons. The molecule has 4 nitrogen and oxygen atoms in total. The standard InChI is InChI=1S/C42H39N3O/c1-41(2,3)29-19-21-30(22-20-29)45-36-17-10-15-31(39(36)44-40(45)34-14-7-8-18-37(34)46)27-12-9-13-28(26-27)32-23-24-35(42(4,5)6)33-16-11-25-43-38(32)33/h7-26,46H,1-6H3. The van der Waals surface area contributed by atoms with Crippen molar-refractivity contribution in [1.82, 2.24) is 14.5 Å². The van der Waals surface area contributed by atoms with Gasteiger partial charge in [0, 0.05) is 28.4 Å². The first-order valence-corrected chi connectivity index (χ1v) is 15.9. The van der Waals surface area contributed by atoms with Crippen molar-refractivity contribution in [2.75, 3.05) is 0 Å². The van der Waals surface area contributed by atoms with Gasteiger partial charge in [0.1, 0.15) is 11.6 Å². The van der Waals surface area contributed by atoms with Gasteiger partial charge in [-0.3, -0.25) is 9.55 Å². The second kappa shape index (κ2) is 11.0. The topological polar surface area (TPSA) is 50.9 Å². The van der Waals surface area contributed by atoms with Gasteiger partial charge >= 0.3 is 0 Å². The second-order valence-electron chi connectivity index (χ2n) is 14.1. The van der Waals surface area contributed by atoms with Gasteiger partial charge in [0.25, 0.3) is 0 Å². The molecular formula is C42H39N3O. The Bertz CT molecular complexity index is 2230. The van der Waals surface area contributed by atoms with Crippen molar-refractivity contribution in [3.05, 3.63) is 133 Å². The number of imidazole rings is 1. The SMILES string of the molecule is CC(C)(C)c1ccc(-n2c(-c3ccccc3O)nc3c(-c4cccc(-c5ccc(C(C)(C)C)c6cccnc56)c4)cccc32)cc1. The first-order chi connectivity index (χ1) is 22.0. The molecule has 0 radical (unpaired) electrons. The van der Waals surface area contributed by atoms with Crippen LogP contribution >= 0.6 is 0 Å².